The van der Waals surface area contributed by atoms with Crippen LogP contribution in [0.25, 0.3) is 10.9 Å². The van der Waals surface area contributed by atoms with Gasteiger partial charge >= 0.3 is 0 Å². The van der Waals surface area contributed by atoms with E-state index in [2.05, 4.69) is 47.6 Å². The van der Waals surface area contributed by atoms with Gasteiger partial charge in [0.15, 0.2) is 0 Å². The van der Waals surface area contributed by atoms with E-state index in [0.717, 1.165) is 17.4 Å². The van der Waals surface area contributed by atoms with Crippen LogP contribution in [-0.2, 0) is 0 Å². The van der Waals surface area contributed by atoms with Gasteiger partial charge in [0.1, 0.15) is 0 Å². The van der Waals surface area contributed by atoms with Gasteiger partial charge in [0.2, 0.25) is 0 Å². The first kappa shape index (κ1) is 12.5. The second-order valence-corrected chi connectivity index (χ2v) is 6.15. The van der Waals surface area contributed by atoms with Crippen LogP contribution in [0.3, 0.4) is 0 Å². The maximum absolute atomic E-state index is 4.13. The van der Waals surface area contributed by atoms with Gasteiger partial charge in [-0.25, -0.2) is 0 Å². The van der Waals surface area contributed by atoms with E-state index < -0.39 is 0 Å². The molecular formula is C16H23N3. The van der Waals surface area contributed by atoms with Crippen molar-refractivity contribution in [2.24, 2.45) is 11.8 Å². The molecule has 0 spiro atoms. The third kappa shape index (κ3) is 2.60. The fourth-order valence-corrected chi connectivity index (χ4v) is 3.28. The zero-order valence-corrected chi connectivity index (χ0v) is 11.8. The van der Waals surface area contributed by atoms with Crippen LogP contribution in [0.15, 0.2) is 24.4 Å². The average molecular weight is 257 g/mol. The van der Waals surface area contributed by atoms with Crippen LogP contribution < -0.4 is 5.32 Å². The SMILES string of the molecule is CC(C)C1CCCC(Nc2cccc3[nH]ncc23)C1. The van der Waals surface area contributed by atoms with E-state index in [1.54, 1.807) is 0 Å². The van der Waals surface area contributed by atoms with E-state index in [1.807, 2.05) is 6.20 Å². The molecule has 3 nitrogen and oxygen atoms in total. The molecular weight excluding hydrogens is 234 g/mol. The second kappa shape index (κ2) is 5.24. The predicted octanol–water partition coefficient (Wildman–Crippen LogP) is 4.19. The van der Waals surface area contributed by atoms with Crippen molar-refractivity contribution in [3.8, 4) is 0 Å². The Morgan fingerprint density at radius 1 is 1.32 bits per heavy atom. The fraction of sp³-hybridized carbons (Fsp3) is 0.562. The molecule has 1 aliphatic carbocycles. The normalized spacial score (nSPS) is 23.9. The minimum absolute atomic E-state index is 0.613. The van der Waals surface area contributed by atoms with E-state index in [0.29, 0.717) is 6.04 Å². The van der Waals surface area contributed by atoms with Crippen LogP contribution in [0.5, 0.6) is 0 Å². The summed E-state index contributed by atoms with van der Waals surface area (Å²) in [6.07, 6.45) is 7.25. The molecule has 19 heavy (non-hydrogen) atoms. The van der Waals surface area contributed by atoms with Crippen molar-refractivity contribution in [2.45, 2.75) is 45.6 Å². The number of aromatic amines is 1. The Morgan fingerprint density at radius 3 is 3.05 bits per heavy atom. The first-order valence-corrected chi connectivity index (χ1v) is 7.42. The van der Waals surface area contributed by atoms with Crippen LogP contribution in [0.1, 0.15) is 39.5 Å². The third-order valence-electron chi connectivity index (χ3n) is 4.50. The summed E-state index contributed by atoms with van der Waals surface area (Å²) in [5.74, 6) is 1.67. The lowest BCUT2D eigenvalue weighted by Crippen LogP contribution is -2.29. The number of aromatic nitrogens is 2. The molecule has 2 aromatic rings. The van der Waals surface area contributed by atoms with E-state index in [4.69, 9.17) is 0 Å². The van der Waals surface area contributed by atoms with Crippen molar-refractivity contribution in [1.29, 1.82) is 0 Å². The lowest BCUT2D eigenvalue weighted by molar-refractivity contribution is 0.264. The highest BCUT2D eigenvalue weighted by Gasteiger charge is 2.24. The molecule has 3 rings (SSSR count). The van der Waals surface area contributed by atoms with Gasteiger partial charge in [-0.2, -0.15) is 5.10 Å². The van der Waals surface area contributed by atoms with Crippen LogP contribution in [-0.4, -0.2) is 16.2 Å². The minimum atomic E-state index is 0.613. The number of hydrogen-bond donors (Lipinski definition) is 2. The molecule has 0 amide bonds. The Kier molecular flexibility index (Phi) is 3.45. The maximum atomic E-state index is 4.13. The number of H-pyrrole nitrogens is 1. The van der Waals surface area contributed by atoms with Crippen LogP contribution in [0, 0.1) is 11.8 Å². The topological polar surface area (TPSA) is 40.7 Å². The Labute approximate surface area is 114 Å². The van der Waals surface area contributed by atoms with Crippen molar-refractivity contribution in [3.05, 3.63) is 24.4 Å². The molecule has 0 bridgehead atoms. The third-order valence-corrected chi connectivity index (χ3v) is 4.50. The monoisotopic (exact) mass is 257 g/mol. The number of nitrogens with one attached hydrogen (secondary N) is 2. The summed E-state index contributed by atoms with van der Waals surface area (Å²) in [7, 11) is 0. The second-order valence-electron chi connectivity index (χ2n) is 6.15. The predicted molar refractivity (Wildman–Crippen MR) is 80.3 cm³/mol. The summed E-state index contributed by atoms with van der Waals surface area (Å²) >= 11 is 0. The average Bonchev–Trinajstić information content (AvgIpc) is 2.88. The number of rotatable bonds is 3. The van der Waals surface area contributed by atoms with Crippen molar-refractivity contribution < 1.29 is 0 Å². The molecule has 2 unspecified atom stereocenters. The maximum Gasteiger partial charge on any atom is 0.0671 e. The molecule has 2 atom stereocenters. The largest absolute Gasteiger partial charge is 0.382 e. The van der Waals surface area contributed by atoms with Crippen molar-refractivity contribution in [1.82, 2.24) is 10.2 Å². The van der Waals surface area contributed by atoms with Gasteiger partial charge < -0.3 is 5.32 Å². The summed E-state index contributed by atoms with van der Waals surface area (Å²) in [5, 5.41) is 12.1. The van der Waals surface area contributed by atoms with E-state index in [9.17, 15) is 0 Å². The van der Waals surface area contributed by atoms with Gasteiger partial charge in [0.05, 0.1) is 11.7 Å². The van der Waals surface area contributed by atoms with Gasteiger partial charge in [-0.15, -0.1) is 0 Å². The number of nitrogens with zero attached hydrogens (tertiary/aromatic N) is 1. The van der Waals surface area contributed by atoms with Crippen LogP contribution in [0.4, 0.5) is 5.69 Å². The number of benzene rings is 1. The van der Waals surface area contributed by atoms with Crippen LogP contribution >= 0.6 is 0 Å². The molecule has 0 radical (unpaired) electrons. The fourth-order valence-electron chi connectivity index (χ4n) is 3.28. The first-order chi connectivity index (χ1) is 9.24. The smallest absolute Gasteiger partial charge is 0.0671 e. The molecule has 1 aromatic heterocycles. The minimum Gasteiger partial charge on any atom is -0.382 e. The lowest BCUT2D eigenvalue weighted by atomic mass is 9.79. The number of anilines is 1. The molecule has 102 valence electrons. The first-order valence-electron chi connectivity index (χ1n) is 7.42. The van der Waals surface area contributed by atoms with Crippen molar-refractivity contribution in [2.75, 3.05) is 5.32 Å². The Morgan fingerprint density at radius 2 is 2.21 bits per heavy atom. The standard InChI is InChI=1S/C16H23N3/c1-11(2)12-5-3-6-13(9-12)18-15-7-4-8-16-14(15)10-17-19-16/h4,7-8,10-13,18H,3,5-6,9H2,1-2H3,(H,17,19). The van der Waals surface area contributed by atoms with Gasteiger partial charge in [-0.05, 0) is 36.8 Å². The highest BCUT2D eigenvalue weighted by molar-refractivity contribution is 5.90. The van der Waals surface area contributed by atoms with Crippen molar-refractivity contribution >= 4 is 16.6 Å². The Bertz CT molecular complexity index is 544. The molecule has 1 saturated carbocycles. The summed E-state index contributed by atoms with van der Waals surface area (Å²) in [6.45, 7) is 4.70. The van der Waals surface area contributed by atoms with Crippen molar-refractivity contribution in [3.63, 3.8) is 0 Å². The number of fused-ring (bicyclic) bond motifs is 1. The highest BCUT2D eigenvalue weighted by Crippen LogP contribution is 2.32. The van der Waals surface area contributed by atoms with E-state index >= 15 is 0 Å². The zero-order chi connectivity index (χ0) is 13.2. The highest BCUT2D eigenvalue weighted by atomic mass is 15.1. The summed E-state index contributed by atoms with van der Waals surface area (Å²) < 4.78 is 0. The Balaban J connectivity index is 1.75. The molecule has 3 heteroatoms. The molecule has 1 fully saturated rings. The van der Waals surface area contributed by atoms with Gasteiger partial charge in [0, 0.05) is 17.1 Å². The summed E-state index contributed by atoms with van der Waals surface area (Å²) in [5.41, 5.74) is 2.34. The van der Waals surface area contributed by atoms with Gasteiger partial charge in [-0.3, -0.25) is 5.10 Å². The van der Waals surface area contributed by atoms with E-state index in [-0.39, 0.29) is 0 Å². The molecule has 0 saturated heterocycles. The van der Waals surface area contributed by atoms with Gasteiger partial charge in [0.25, 0.3) is 0 Å². The quantitative estimate of drug-likeness (QED) is 0.865. The van der Waals surface area contributed by atoms with Crippen LogP contribution in [0.2, 0.25) is 0 Å². The molecule has 2 N–H and O–H groups in total. The number of hydrogen-bond acceptors (Lipinski definition) is 2. The molecule has 0 aliphatic heterocycles. The van der Waals surface area contributed by atoms with Gasteiger partial charge in [-0.1, -0.05) is 32.8 Å². The molecule has 1 aliphatic rings. The van der Waals surface area contributed by atoms with E-state index in [1.165, 1.54) is 36.8 Å². The summed E-state index contributed by atoms with van der Waals surface area (Å²) in [6, 6.07) is 6.94. The zero-order valence-electron chi connectivity index (χ0n) is 11.8. The molecule has 1 heterocycles. The Hall–Kier alpha value is -1.51. The molecule has 1 aromatic carbocycles. The summed E-state index contributed by atoms with van der Waals surface area (Å²) in [4.78, 5) is 0. The lowest BCUT2D eigenvalue weighted by Gasteiger charge is -2.32.